The maximum atomic E-state index is 12.7. The third kappa shape index (κ3) is 5.21. The molecule has 6 heteroatoms. The molecule has 0 N–H and O–H groups in total. The van der Waals surface area contributed by atoms with Crippen molar-refractivity contribution < 1.29 is 27.5 Å². The molecule has 1 aromatic rings. The first-order chi connectivity index (χ1) is 9.75. The molecule has 0 heterocycles. The molecule has 0 aliphatic carbocycles. The SMILES string of the molecule is CCCCCC(=O)c1ccc(C(F)(F)F)cc1OC(C)=O. The summed E-state index contributed by atoms with van der Waals surface area (Å²) in [5, 5.41) is 0. The molecule has 21 heavy (non-hydrogen) atoms. The highest BCUT2D eigenvalue weighted by molar-refractivity contribution is 5.99. The van der Waals surface area contributed by atoms with E-state index in [1.165, 1.54) is 0 Å². The summed E-state index contributed by atoms with van der Waals surface area (Å²) in [5.74, 6) is -1.43. The van der Waals surface area contributed by atoms with Gasteiger partial charge in [-0.25, -0.2) is 0 Å². The predicted molar refractivity (Wildman–Crippen MR) is 71.2 cm³/mol. The molecule has 0 unspecified atom stereocenters. The summed E-state index contributed by atoms with van der Waals surface area (Å²) in [6, 6.07) is 2.57. The van der Waals surface area contributed by atoms with Crippen LogP contribution in [0.5, 0.6) is 5.75 Å². The normalized spacial score (nSPS) is 11.3. The van der Waals surface area contributed by atoms with Gasteiger partial charge in [-0.05, 0) is 24.6 Å². The lowest BCUT2D eigenvalue weighted by atomic mass is 10.0. The Morgan fingerprint density at radius 1 is 1.19 bits per heavy atom. The van der Waals surface area contributed by atoms with Crippen LogP contribution in [0.15, 0.2) is 18.2 Å². The van der Waals surface area contributed by atoms with Crippen LogP contribution < -0.4 is 4.74 Å². The molecule has 0 saturated heterocycles. The molecule has 0 aliphatic heterocycles. The Labute approximate surface area is 121 Å². The van der Waals surface area contributed by atoms with Crippen LogP contribution in [-0.2, 0) is 11.0 Å². The Hall–Kier alpha value is -1.85. The van der Waals surface area contributed by atoms with Crippen molar-refractivity contribution in [1.82, 2.24) is 0 Å². The molecule has 0 fully saturated rings. The van der Waals surface area contributed by atoms with Gasteiger partial charge < -0.3 is 4.74 Å². The number of rotatable bonds is 6. The number of ketones is 1. The Morgan fingerprint density at radius 3 is 2.38 bits per heavy atom. The molecule has 3 nitrogen and oxygen atoms in total. The fourth-order valence-corrected chi connectivity index (χ4v) is 1.84. The summed E-state index contributed by atoms with van der Waals surface area (Å²) in [6.45, 7) is 3.05. The number of Topliss-reactive ketones (excluding diaryl/α,β-unsaturated/α-hetero) is 1. The van der Waals surface area contributed by atoms with Crippen molar-refractivity contribution in [2.24, 2.45) is 0 Å². The van der Waals surface area contributed by atoms with Gasteiger partial charge in [0.15, 0.2) is 5.78 Å². The first kappa shape index (κ1) is 17.2. The van der Waals surface area contributed by atoms with Gasteiger partial charge in [-0.2, -0.15) is 13.2 Å². The summed E-state index contributed by atoms with van der Waals surface area (Å²) in [6.07, 6.45) is -1.91. The van der Waals surface area contributed by atoms with Gasteiger partial charge >= 0.3 is 12.1 Å². The smallest absolute Gasteiger partial charge is 0.416 e. The standard InChI is InChI=1S/C15H17F3O3/c1-3-4-5-6-13(20)12-8-7-11(15(16,17)18)9-14(12)21-10(2)19/h7-9H,3-6H2,1-2H3. The topological polar surface area (TPSA) is 43.4 Å². The van der Waals surface area contributed by atoms with E-state index in [4.69, 9.17) is 4.74 Å². The van der Waals surface area contributed by atoms with E-state index in [0.717, 1.165) is 31.9 Å². The summed E-state index contributed by atoms with van der Waals surface area (Å²) in [5.41, 5.74) is -0.946. The quantitative estimate of drug-likeness (QED) is 0.339. The van der Waals surface area contributed by atoms with E-state index in [0.29, 0.717) is 12.5 Å². The predicted octanol–water partition coefficient (Wildman–Crippen LogP) is 4.39. The van der Waals surface area contributed by atoms with Gasteiger partial charge in [0.25, 0.3) is 0 Å². The summed E-state index contributed by atoms with van der Waals surface area (Å²) < 4.78 is 42.7. The zero-order valence-electron chi connectivity index (χ0n) is 11.9. The second kappa shape index (κ2) is 7.24. The molecule has 0 aromatic heterocycles. The minimum atomic E-state index is -4.56. The van der Waals surface area contributed by atoms with Crippen molar-refractivity contribution in [2.45, 2.75) is 45.7 Å². The van der Waals surface area contributed by atoms with Crippen molar-refractivity contribution in [1.29, 1.82) is 0 Å². The maximum Gasteiger partial charge on any atom is 0.416 e. The molecular weight excluding hydrogens is 285 g/mol. The van der Waals surface area contributed by atoms with Gasteiger partial charge in [0.2, 0.25) is 0 Å². The maximum absolute atomic E-state index is 12.7. The van der Waals surface area contributed by atoms with Gasteiger partial charge in [-0.15, -0.1) is 0 Å². The third-order valence-corrected chi connectivity index (χ3v) is 2.87. The van der Waals surface area contributed by atoms with E-state index >= 15 is 0 Å². The minimum Gasteiger partial charge on any atom is -0.426 e. The zero-order valence-corrected chi connectivity index (χ0v) is 11.9. The van der Waals surface area contributed by atoms with E-state index < -0.39 is 17.7 Å². The van der Waals surface area contributed by atoms with Crippen LogP contribution in [0, 0.1) is 0 Å². The van der Waals surface area contributed by atoms with E-state index in [-0.39, 0.29) is 23.5 Å². The number of alkyl halides is 3. The fourth-order valence-electron chi connectivity index (χ4n) is 1.84. The van der Waals surface area contributed by atoms with E-state index in [1.807, 2.05) is 6.92 Å². The number of halogens is 3. The highest BCUT2D eigenvalue weighted by atomic mass is 19.4. The molecule has 0 spiro atoms. The van der Waals surface area contributed by atoms with E-state index in [1.54, 1.807) is 0 Å². The number of carbonyl (C=O) groups excluding carboxylic acids is 2. The number of unbranched alkanes of at least 4 members (excludes halogenated alkanes) is 2. The van der Waals surface area contributed by atoms with Crippen LogP contribution >= 0.6 is 0 Å². The van der Waals surface area contributed by atoms with Gasteiger partial charge in [0.05, 0.1) is 11.1 Å². The second-order valence-electron chi connectivity index (χ2n) is 4.68. The molecular formula is C15H17F3O3. The third-order valence-electron chi connectivity index (χ3n) is 2.87. The number of esters is 1. The second-order valence-corrected chi connectivity index (χ2v) is 4.68. The van der Waals surface area contributed by atoms with Gasteiger partial charge in [0.1, 0.15) is 5.75 Å². The van der Waals surface area contributed by atoms with E-state index in [2.05, 4.69) is 0 Å². The van der Waals surface area contributed by atoms with Crippen molar-refractivity contribution in [2.75, 3.05) is 0 Å². The number of hydrogen-bond acceptors (Lipinski definition) is 3. The lowest BCUT2D eigenvalue weighted by Gasteiger charge is -2.12. The van der Waals surface area contributed by atoms with Crippen molar-refractivity contribution in [3.05, 3.63) is 29.3 Å². The van der Waals surface area contributed by atoms with Crippen LogP contribution in [0.25, 0.3) is 0 Å². The van der Waals surface area contributed by atoms with Crippen LogP contribution in [0.2, 0.25) is 0 Å². The Bertz CT molecular complexity index is 521. The molecule has 116 valence electrons. The number of ether oxygens (including phenoxy) is 1. The average Bonchev–Trinajstić information content (AvgIpc) is 2.37. The van der Waals surface area contributed by atoms with Crippen molar-refractivity contribution in [3.63, 3.8) is 0 Å². The zero-order chi connectivity index (χ0) is 16.0. The molecule has 0 bridgehead atoms. The first-order valence-electron chi connectivity index (χ1n) is 6.68. The van der Waals surface area contributed by atoms with Crippen LogP contribution in [0.1, 0.15) is 55.5 Å². The van der Waals surface area contributed by atoms with E-state index in [9.17, 15) is 22.8 Å². The molecule has 0 saturated carbocycles. The van der Waals surface area contributed by atoms with Crippen molar-refractivity contribution in [3.8, 4) is 5.75 Å². The molecule has 0 amide bonds. The van der Waals surface area contributed by atoms with Crippen LogP contribution in [0.3, 0.4) is 0 Å². The Morgan fingerprint density at radius 2 is 1.86 bits per heavy atom. The summed E-state index contributed by atoms with van der Waals surface area (Å²) in [7, 11) is 0. The first-order valence-corrected chi connectivity index (χ1v) is 6.68. The highest BCUT2D eigenvalue weighted by Gasteiger charge is 2.32. The monoisotopic (exact) mass is 302 g/mol. The fraction of sp³-hybridized carbons (Fsp3) is 0.467. The summed E-state index contributed by atoms with van der Waals surface area (Å²) >= 11 is 0. The number of benzene rings is 1. The van der Waals surface area contributed by atoms with Crippen molar-refractivity contribution >= 4 is 11.8 Å². The van der Waals surface area contributed by atoms with Gasteiger partial charge in [0, 0.05) is 13.3 Å². The molecule has 0 radical (unpaired) electrons. The number of carbonyl (C=O) groups is 2. The van der Waals surface area contributed by atoms with Gasteiger partial charge in [-0.1, -0.05) is 19.8 Å². The van der Waals surface area contributed by atoms with Crippen LogP contribution in [-0.4, -0.2) is 11.8 Å². The molecule has 1 aromatic carbocycles. The Kier molecular flexibility index (Phi) is 5.93. The number of hydrogen-bond donors (Lipinski definition) is 0. The van der Waals surface area contributed by atoms with Crippen LogP contribution in [0.4, 0.5) is 13.2 Å². The largest absolute Gasteiger partial charge is 0.426 e. The Balaban J connectivity index is 3.07. The lowest BCUT2D eigenvalue weighted by molar-refractivity contribution is -0.138. The molecule has 0 atom stereocenters. The summed E-state index contributed by atoms with van der Waals surface area (Å²) in [4.78, 5) is 23.0. The highest BCUT2D eigenvalue weighted by Crippen LogP contribution is 2.33. The van der Waals surface area contributed by atoms with Gasteiger partial charge in [-0.3, -0.25) is 9.59 Å². The molecule has 1 rings (SSSR count). The average molecular weight is 302 g/mol. The lowest BCUT2D eigenvalue weighted by Crippen LogP contribution is -2.11. The molecule has 0 aliphatic rings. The minimum absolute atomic E-state index is 0.00861.